The summed E-state index contributed by atoms with van der Waals surface area (Å²) in [4.78, 5) is 23.2. The second-order valence-corrected chi connectivity index (χ2v) is 6.53. The van der Waals surface area contributed by atoms with Gasteiger partial charge in [-0.3, -0.25) is 4.79 Å². The van der Waals surface area contributed by atoms with Crippen molar-refractivity contribution in [2.75, 3.05) is 0 Å². The number of pyridine rings is 1. The molecule has 3 aromatic heterocycles. The van der Waals surface area contributed by atoms with Gasteiger partial charge in [-0.15, -0.1) is 11.3 Å². The highest BCUT2D eigenvalue weighted by Crippen LogP contribution is 2.41. The molecule has 4 aromatic rings. The number of halogens is 3. The van der Waals surface area contributed by atoms with E-state index >= 15 is 0 Å². The molecule has 3 heterocycles. The number of hydrogen-bond acceptors (Lipinski definition) is 4. The molecule has 0 radical (unpaired) electrons. The monoisotopic (exact) mass is 361 g/mol. The molecule has 0 amide bonds. The molecule has 0 aliphatic carbocycles. The van der Waals surface area contributed by atoms with Crippen LogP contribution in [0, 0.1) is 6.92 Å². The topological polar surface area (TPSA) is 58.6 Å². The maximum Gasteiger partial charge on any atom is 0.417 e. The quantitative estimate of drug-likeness (QED) is 0.542. The first-order valence-electron chi connectivity index (χ1n) is 7.31. The Kier molecular flexibility index (Phi) is 3.40. The van der Waals surface area contributed by atoms with Crippen LogP contribution in [0.3, 0.4) is 0 Å². The molecule has 0 aliphatic rings. The summed E-state index contributed by atoms with van der Waals surface area (Å²) in [6, 6.07) is 9.64. The second kappa shape index (κ2) is 5.38. The molecule has 1 N–H and O–H groups in total. The summed E-state index contributed by atoms with van der Waals surface area (Å²) in [5, 5.41) is -0.124. The van der Waals surface area contributed by atoms with Crippen molar-refractivity contribution < 1.29 is 13.2 Å². The van der Waals surface area contributed by atoms with Crippen molar-refractivity contribution in [1.29, 1.82) is 0 Å². The summed E-state index contributed by atoms with van der Waals surface area (Å²) in [6.07, 6.45) is -4.59. The van der Waals surface area contributed by atoms with Crippen LogP contribution in [-0.2, 0) is 6.18 Å². The Hall–Kier alpha value is -2.74. The van der Waals surface area contributed by atoms with Crippen LogP contribution in [0.1, 0.15) is 11.4 Å². The van der Waals surface area contributed by atoms with E-state index < -0.39 is 17.3 Å². The number of H-pyrrole nitrogens is 1. The van der Waals surface area contributed by atoms with Crippen LogP contribution >= 0.6 is 11.3 Å². The summed E-state index contributed by atoms with van der Waals surface area (Å²) in [7, 11) is 0. The summed E-state index contributed by atoms with van der Waals surface area (Å²) in [5.41, 5.74) is -0.466. The minimum absolute atomic E-state index is 0.0423. The highest BCUT2D eigenvalue weighted by atomic mass is 32.1. The van der Waals surface area contributed by atoms with Gasteiger partial charge in [0, 0.05) is 5.56 Å². The largest absolute Gasteiger partial charge is 0.417 e. The van der Waals surface area contributed by atoms with E-state index in [-0.39, 0.29) is 32.0 Å². The van der Waals surface area contributed by atoms with E-state index in [9.17, 15) is 18.0 Å². The van der Waals surface area contributed by atoms with Crippen LogP contribution in [0.4, 0.5) is 13.2 Å². The van der Waals surface area contributed by atoms with E-state index in [4.69, 9.17) is 0 Å². The Labute approximate surface area is 143 Å². The van der Waals surface area contributed by atoms with Gasteiger partial charge in [-0.1, -0.05) is 30.3 Å². The molecule has 0 saturated heterocycles. The van der Waals surface area contributed by atoms with Crippen molar-refractivity contribution in [1.82, 2.24) is 15.0 Å². The van der Waals surface area contributed by atoms with Gasteiger partial charge in [0.2, 0.25) is 0 Å². The lowest BCUT2D eigenvalue weighted by molar-refractivity contribution is -0.136. The molecule has 0 saturated carbocycles. The number of benzene rings is 1. The van der Waals surface area contributed by atoms with Crippen LogP contribution in [-0.4, -0.2) is 15.0 Å². The summed E-state index contributed by atoms with van der Waals surface area (Å²) < 4.78 is 41.2. The number of fused-ring (bicyclic) bond motifs is 3. The molecular weight excluding hydrogens is 351 g/mol. The molecule has 4 nitrogen and oxygen atoms in total. The van der Waals surface area contributed by atoms with Crippen molar-refractivity contribution in [2.24, 2.45) is 0 Å². The van der Waals surface area contributed by atoms with E-state index in [2.05, 4.69) is 15.0 Å². The van der Waals surface area contributed by atoms with E-state index in [0.29, 0.717) is 5.56 Å². The lowest BCUT2D eigenvalue weighted by atomic mass is 10.1. The van der Waals surface area contributed by atoms with Crippen molar-refractivity contribution in [3.8, 4) is 11.3 Å². The van der Waals surface area contributed by atoms with Gasteiger partial charge in [-0.2, -0.15) is 13.2 Å². The molecule has 126 valence electrons. The number of thiophene rings is 1. The van der Waals surface area contributed by atoms with Crippen LogP contribution < -0.4 is 5.56 Å². The van der Waals surface area contributed by atoms with E-state index in [1.165, 1.54) is 6.92 Å². The van der Waals surface area contributed by atoms with Crippen molar-refractivity contribution in [3.05, 3.63) is 58.1 Å². The third-order valence-corrected chi connectivity index (χ3v) is 4.86. The van der Waals surface area contributed by atoms with Gasteiger partial charge in [0.15, 0.2) is 0 Å². The summed E-state index contributed by atoms with van der Waals surface area (Å²) in [5.74, 6) is 0.262. The number of nitrogens with zero attached hydrogens (tertiary/aromatic N) is 2. The first-order valence-corrected chi connectivity index (χ1v) is 8.13. The fourth-order valence-electron chi connectivity index (χ4n) is 2.74. The number of nitrogens with one attached hydrogen (secondary N) is 1. The van der Waals surface area contributed by atoms with E-state index in [1.807, 2.05) is 0 Å². The Bertz CT molecular complexity index is 1160. The fourth-order valence-corrected chi connectivity index (χ4v) is 3.77. The number of aryl methyl sites for hydroxylation is 1. The number of aromatic amines is 1. The zero-order valence-corrected chi connectivity index (χ0v) is 13.6. The van der Waals surface area contributed by atoms with Gasteiger partial charge in [-0.05, 0) is 13.0 Å². The smallest absolute Gasteiger partial charge is 0.310 e. The number of rotatable bonds is 1. The van der Waals surface area contributed by atoms with Gasteiger partial charge in [0.05, 0.1) is 22.2 Å². The van der Waals surface area contributed by atoms with E-state index in [1.54, 1.807) is 30.3 Å². The van der Waals surface area contributed by atoms with Crippen molar-refractivity contribution >= 4 is 31.8 Å². The minimum Gasteiger partial charge on any atom is -0.310 e. The predicted octanol–water partition coefficient (Wildman–Crippen LogP) is 4.53. The van der Waals surface area contributed by atoms with Crippen LogP contribution in [0.25, 0.3) is 31.7 Å². The van der Waals surface area contributed by atoms with Gasteiger partial charge >= 0.3 is 6.18 Å². The Morgan fingerprint density at radius 3 is 2.52 bits per heavy atom. The number of alkyl halides is 3. The molecule has 0 atom stereocenters. The highest BCUT2D eigenvalue weighted by Gasteiger charge is 2.35. The molecule has 8 heteroatoms. The molecule has 0 spiro atoms. The SMILES string of the molecule is Cc1nc2c(sc3nc(-c4ccccc4)cc(C(F)(F)F)c32)c(=O)[nH]1. The molecule has 0 aliphatic heterocycles. The zero-order valence-electron chi connectivity index (χ0n) is 12.8. The molecular formula is C17H10F3N3OS. The van der Waals surface area contributed by atoms with Crippen LogP contribution in [0.15, 0.2) is 41.2 Å². The minimum atomic E-state index is -4.59. The molecule has 4 rings (SSSR count). The highest BCUT2D eigenvalue weighted by molar-refractivity contribution is 7.25. The predicted molar refractivity (Wildman–Crippen MR) is 90.7 cm³/mol. The molecule has 0 bridgehead atoms. The second-order valence-electron chi connectivity index (χ2n) is 5.53. The molecule has 25 heavy (non-hydrogen) atoms. The first-order chi connectivity index (χ1) is 11.8. The zero-order chi connectivity index (χ0) is 17.8. The third kappa shape index (κ3) is 2.58. The van der Waals surface area contributed by atoms with Crippen LogP contribution in [0.2, 0.25) is 0 Å². The van der Waals surface area contributed by atoms with Gasteiger partial charge in [0.1, 0.15) is 15.4 Å². The lowest BCUT2D eigenvalue weighted by Crippen LogP contribution is -2.09. The summed E-state index contributed by atoms with van der Waals surface area (Å²) >= 11 is 0.919. The van der Waals surface area contributed by atoms with Gasteiger partial charge in [-0.25, -0.2) is 9.97 Å². The average molecular weight is 361 g/mol. The van der Waals surface area contributed by atoms with Crippen LogP contribution in [0.5, 0.6) is 0 Å². The third-order valence-electron chi connectivity index (χ3n) is 3.79. The fraction of sp³-hybridized carbons (Fsp3) is 0.118. The molecule has 1 aromatic carbocycles. The van der Waals surface area contributed by atoms with Gasteiger partial charge in [0.25, 0.3) is 5.56 Å². The van der Waals surface area contributed by atoms with Crippen molar-refractivity contribution in [2.45, 2.75) is 13.1 Å². The first kappa shape index (κ1) is 15.8. The number of aromatic nitrogens is 3. The van der Waals surface area contributed by atoms with Gasteiger partial charge < -0.3 is 4.98 Å². The average Bonchev–Trinajstić information content (AvgIpc) is 2.93. The van der Waals surface area contributed by atoms with Crippen molar-refractivity contribution in [3.63, 3.8) is 0 Å². The molecule has 0 fully saturated rings. The maximum absolute atomic E-state index is 13.7. The Morgan fingerprint density at radius 1 is 1.12 bits per heavy atom. The van der Waals surface area contributed by atoms with E-state index in [0.717, 1.165) is 17.4 Å². The summed E-state index contributed by atoms with van der Waals surface area (Å²) in [6.45, 7) is 1.53. The Balaban J connectivity index is 2.17. The molecule has 0 unspecified atom stereocenters. The Morgan fingerprint density at radius 2 is 1.84 bits per heavy atom. The normalized spacial score (nSPS) is 12.2. The standard InChI is InChI=1S/C17H10F3N3OS/c1-8-21-13-12-10(17(18,19)20)7-11(9-5-3-2-4-6-9)23-16(12)25-14(13)15(24)22-8/h2-7H,1H3,(H,21,22,24). The maximum atomic E-state index is 13.7. The lowest BCUT2D eigenvalue weighted by Gasteiger charge is -2.10. The number of hydrogen-bond donors (Lipinski definition) is 1.